The molecule has 0 atom stereocenters. The molecular formula is C19H28N4O3S2. The lowest BCUT2D eigenvalue weighted by molar-refractivity contribution is 0.182. The molecule has 1 aromatic heterocycles. The van der Waals surface area contributed by atoms with E-state index in [1.54, 1.807) is 30.0 Å². The maximum Gasteiger partial charge on any atom is 0.228 e. The van der Waals surface area contributed by atoms with Crippen molar-refractivity contribution in [2.75, 3.05) is 26.8 Å². The Kier molecular flexibility index (Phi) is 8.40. The van der Waals surface area contributed by atoms with E-state index in [1.165, 1.54) is 0 Å². The number of hydrogen-bond donors (Lipinski definition) is 1. The summed E-state index contributed by atoms with van der Waals surface area (Å²) in [5.41, 5.74) is 1.51. The third-order valence-electron chi connectivity index (χ3n) is 4.25. The van der Waals surface area contributed by atoms with Gasteiger partial charge in [0.05, 0.1) is 30.8 Å². The average molecular weight is 425 g/mol. The van der Waals surface area contributed by atoms with Gasteiger partial charge in [0.15, 0.2) is 5.11 Å². The molecule has 0 aliphatic carbocycles. The molecule has 2 aromatic rings. The molecule has 28 heavy (non-hydrogen) atoms. The van der Waals surface area contributed by atoms with Gasteiger partial charge in [0.1, 0.15) is 0 Å². The molecule has 9 heteroatoms. The van der Waals surface area contributed by atoms with Gasteiger partial charge in [-0.15, -0.1) is 0 Å². The second-order valence-electron chi connectivity index (χ2n) is 6.27. The fraction of sp³-hybridized carbons (Fsp3) is 0.474. The number of ether oxygens (including phenoxy) is 1. The van der Waals surface area contributed by atoms with Crippen LogP contribution < -0.4 is 5.32 Å². The normalized spacial score (nSPS) is 11.4. The fourth-order valence-corrected chi connectivity index (χ4v) is 4.69. The minimum absolute atomic E-state index is 0.0637. The minimum Gasteiger partial charge on any atom is -0.383 e. The first-order valence-electron chi connectivity index (χ1n) is 9.25. The number of methoxy groups -OCH3 is 1. The first kappa shape index (κ1) is 22.3. The van der Waals surface area contributed by atoms with Crippen LogP contribution in [0.4, 0.5) is 0 Å². The number of nitrogens with one attached hydrogen (secondary N) is 1. The van der Waals surface area contributed by atoms with E-state index in [1.807, 2.05) is 36.9 Å². The van der Waals surface area contributed by atoms with Gasteiger partial charge in [-0.05, 0) is 31.6 Å². The van der Waals surface area contributed by atoms with Crippen LogP contribution in [0.3, 0.4) is 0 Å². The Hall–Kier alpha value is -1.97. The predicted molar refractivity (Wildman–Crippen MR) is 114 cm³/mol. The van der Waals surface area contributed by atoms with Crippen LogP contribution in [0, 0.1) is 0 Å². The molecule has 0 amide bonds. The van der Waals surface area contributed by atoms with E-state index < -0.39 is 9.84 Å². The first-order valence-corrected chi connectivity index (χ1v) is 11.3. The van der Waals surface area contributed by atoms with Crippen molar-refractivity contribution in [1.82, 2.24) is 19.8 Å². The Bertz CT molecular complexity index is 867. The number of sulfone groups is 1. The van der Waals surface area contributed by atoms with Gasteiger partial charge in [0.25, 0.3) is 0 Å². The third-order valence-corrected chi connectivity index (χ3v) is 6.25. The zero-order valence-corrected chi connectivity index (χ0v) is 18.2. The maximum absolute atomic E-state index is 13.0. The molecule has 1 heterocycles. The van der Waals surface area contributed by atoms with Crippen molar-refractivity contribution in [3.8, 4) is 0 Å². The molecule has 0 saturated carbocycles. The Balaban J connectivity index is 2.33. The zero-order valence-electron chi connectivity index (χ0n) is 16.6. The second kappa shape index (κ2) is 10.5. The van der Waals surface area contributed by atoms with Crippen molar-refractivity contribution in [3.63, 3.8) is 0 Å². The number of rotatable bonds is 10. The molecule has 0 aliphatic heterocycles. The van der Waals surface area contributed by atoms with Crippen LogP contribution in [0.5, 0.6) is 0 Å². The summed E-state index contributed by atoms with van der Waals surface area (Å²) in [6.45, 7) is 6.69. The van der Waals surface area contributed by atoms with Crippen LogP contribution in [0.25, 0.3) is 0 Å². The van der Waals surface area contributed by atoms with Crippen molar-refractivity contribution < 1.29 is 13.2 Å². The highest BCUT2D eigenvalue weighted by molar-refractivity contribution is 7.90. The molecule has 2 rings (SSSR count). The van der Waals surface area contributed by atoms with E-state index in [9.17, 15) is 8.42 Å². The van der Waals surface area contributed by atoms with E-state index >= 15 is 0 Å². The van der Waals surface area contributed by atoms with Crippen molar-refractivity contribution >= 4 is 27.2 Å². The molecule has 0 saturated heterocycles. The van der Waals surface area contributed by atoms with Crippen molar-refractivity contribution in [1.29, 1.82) is 0 Å². The minimum atomic E-state index is -3.60. The third kappa shape index (κ3) is 5.76. The van der Waals surface area contributed by atoms with E-state index in [2.05, 4.69) is 10.3 Å². The Morgan fingerprint density at radius 1 is 1.29 bits per heavy atom. The van der Waals surface area contributed by atoms with Crippen LogP contribution >= 0.6 is 12.2 Å². The molecule has 1 aromatic carbocycles. The van der Waals surface area contributed by atoms with Crippen LogP contribution in [0.1, 0.15) is 25.1 Å². The largest absolute Gasteiger partial charge is 0.383 e. The van der Waals surface area contributed by atoms with Crippen LogP contribution in [0.2, 0.25) is 0 Å². The monoisotopic (exact) mass is 424 g/mol. The molecule has 7 nitrogen and oxygen atoms in total. The first-order chi connectivity index (χ1) is 13.4. The highest BCUT2D eigenvalue weighted by Gasteiger charge is 2.24. The molecule has 0 unspecified atom stereocenters. The van der Waals surface area contributed by atoms with Gasteiger partial charge in [-0.3, -0.25) is 0 Å². The topological polar surface area (TPSA) is 76.5 Å². The van der Waals surface area contributed by atoms with Gasteiger partial charge in [0, 0.05) is 26.7 Å². The van der Waals surface area contributed by atoms with Gasteiger partial charge in [-0.2, -0.15) is 0 Å². The van der Waals surface area contributed by atoms with Crippen LogP contribution in [-0.2, 0) is 33.4 Å². The number of thiocarbonyl (C=S) groups is 1. The standard InChI is InChI=1S/C19H28N4O3S2/c1-4-20-18(27)22(5-2)14-17-13-21-19(23(17)11-12-26-3)28(24,25)15-16-9-7-6-8-10-16/h6-10,13H,4-5,11-12,14-15H2,1-3H3,(H,20,27). The summed E-state index contributed by atoms with van der Waals surface area (Å²) in [6.07, 6.45) is 1.62. The van der Waals surface area contributed by atoms with Gasteiger partial charge in [-0.25, -0.2) is 13.4 Å². The Morgan fingerprint density at radius 3 is 2.61 bits per heavy atom. The lowest BCUT2D eigenvalue weighted by Gasteiger charge is -2.24. The van der Waals surface area contributed by atoms with Gasteiger partial charge in [-0.1, -0.05) is 30.3 Å². The van der Waals surface area contributed by atoms with Crippen molar-refractivity contribution in [2.24, 2.45) is 0 Å². The molecule has 0 bridgehead atoms. The number of nitrogens with zero attached hydrogens (tertiary/aromatic N) is 3. The maximum atomic E-state index is 13.0. The molecule has 154 valence electrons. The summed E-state index contributed by atoms with van der Waals surface area (Å²) in [6, 6.07) is 9.12. The number of imidazole rings is 1. The fourth-order valence-electron chi connectivity index (χ4n) is 2.83. The predicted octanol–water partition coefficient (Wildman–Crippen LogP) is 2.22. The highest BCUT2D eigenvalue weighted by Crippen LogP contribution is 2.19. The summed E-state index contributed by atoms with van der Waals surface area (Å²) in [4.78, 5) is 6.24. The van der Waals surface area contributed by atoms with E-state index in [-0.39, 0.29) is 10.9 Å². The molecule has 0 aliphatic rings. The number of hydrogen-bond acceptors (Lipinski definition) is 5. The lowest BCUT2D eigenvalue weighted by atomic mass is 10.2. The lowest BCUT2D eigenvalue weighted by Crippen LogP contribution is -2.39. The van der Waals surface area contributed by atoms with Gasteiger partial charge in [0.2, 0.25) is 15.0 Å². The quantitative estimate of drug-likeness (QED) is 0.586. The highest BCUT2D eigenvalue weighted by atomic mass is 32.2. The van der Waals surface area contributed by atoms with Gasteiger partial charge < -0.3 is 19.5 Å². The summed E-state index contributed by atoms with van der Waals surface area (Å²) in [7, 11) is -2.01. The average Bonchev–Trinajstić information content (AvgIpc) is 3.08. The zero-order chi connectivity index (χ0) is 20.6. The Morgan fingerprint density at radius 2 is 2.00 bits per heavy atom. The van der Waals surface area contributed by atoms with E-state index in [4.69, 9.17) is 17.0 Å². The summed E-state index contributed by atoms with van der Waals surface area (Å²) in [5, 5.41) is 3.83. The smallest absolute Gasteiger partial charge is 0.228 e. The van der Waals surface area contributed by atoms with E-state index in [0.29, 0.717) is 31.4 Å². The number of benzene rings is 1. The molecule has 1 N–H and O–H groups in total. The molecule has 0 fully saturated rings. The summed E-state index contributed by atoms with van der Waals surface area (Å²) in [5.74, 6) is -0.0927. The van der Waals surface area contributed by atoms with Gasteiger partial charge >= 0.3 is 0 Å². The molecule has 0 spiro atoms. The second-order valence-corrected chi connectivity index (χ2v) is 8.54. The van der Waals surface area contributed by atoms with Crippen molar-refractivity contribution in [3.05, 3.63) is 47.8 Å². The SMILES string of the molecule is CCNC(=S)N(CC)Cc1cnc(S(=O)(=O)Cc2ccccc2)n1CCOC. The molecular weight excluding hydrogens is 396 g/mol. The summed E-state index contributed by atoms with van der Waals surface area (Å²) < 4.78 is 32.9. The van der Waals surface area contributed by atoms with Crippen LogP contribution in [-0.4, -0.2) is 54.8 Å². The Labute approximate surface area is 172 Å². The molecule has 0 radical (unpaired) electrons. The van der Waals surface area contributed by atoms with Crippen molar-refractivity contribution in [2.45, 2.75) is 37.8 Å². The van der Waals surface area contributed by atoms with E-state index in [0.717, 1.165) is 17.8 Å². The number of aromatic nitrogens is 2. The summed E-state index contributed by atoms with van der Waals surface area (Å²) >= 11 is 5.41. The van der Waals surface area contributed by atoms with Crippen LogP contribution in [0.15, 0.2) is 41.7 Å².